The van der Waals surface area contributed by atoms with E-state index < -0.39 is 10.0 Å². The fourth-order valence-electron chi connectivity index (χ4n) is 2.16. The molecule has 110 valence electrons. The number of anilines is 1. The van der Waals surface area contributed by atoms with E-state index in [2.05, 4.69) is 4.98 Å². The number of carbonyl (C=O) groups is 1. The Morgan fingerprint density at radius 3 is 2.45 bits per heavy atom. The number of hydrogen-bond donors (Lipinski definition) is 1. The van der Waals surface area contributed by atoms with E-state index in [1.165, 1.54) is 16.8 Å². The smallest absolute Gasteiger partial charge is 0.255 e. The first-order valence-corrected chi connectivity index (χ1v) is 8.10. The normalized spacial score (nSPS) is 17.2. The fourth-order valence-corrected chi connectivity index (χ4v) is 2.99. The van der Waals surface area contributed by atoms with Crippen molar-refractivity contribution in [3.05, 3.63) is 23.5 Å². The van der Waals surface area contributed by atoms with E-state index in [1.54, 1.807) is 17.9 Å². The molecule has 2 rings (SSSR count). The summed E-state index contributed by atoms with van der Waals surface area (Å²) in [5, 5.41) is 0. The molecule has 1 aliphatic heterocycles. The number of amides is 1. The number of rotatable bonds is 2. The summed E-state index contributed by atoms with van der Waals surface area (Å²) in [6, 6.07) is 1.60. The molecule has 2 heterocycles. The molecule has 1 fully saturated rings. The molecule has 0 bridgehead atoms. The lowest BCUT2D eigenvalue weighted by Gasteiger charge is -2.33. The highest BCUT2D eigenvalue weighted by atomic mass is 32.2. The molecule has 0 spiro atoms. The number of carbonyl (C=O) groups excluding carboxylic acids is 1. The minimum Gasteiger partial charge on any atom is -0.397 e. The van der Waals surface area contributed by atoms with Crippen molar-refractivity contribution in [2.75, 3.05) is 38.2 Å². The van der Waals surface area contributed by atoms with Crippen LogP contribution < -0.4 is 5.73 Å². The standard InChI is InChI=1S/C12H18N4O3S/c1-9-11(7-10(13)8-14-9)12(17)15-3-5-16(6-4-15)20(2,18)19/h7-8H,3-6,13H2,1-2H3. The van der Waals surface area contributed by atoms with Crippen LogP contribution in [0.25, 0.3) is 0 Å². The van der Waals surface area contributed by atoms with Gasteiger partial charge in [-0.05, 0) is 13.0 Å². The van der Waals surface area contributed by atoms with Crippen LogP contribution in [-0.2, 0) is 10.0 Å². The van der Waals surface area contributed by atoms with Crippen LogP contribution >= 0.6 is 0 Å². The second-order valence-corrected chi connectivity index (χ2v) is 6.84. The van der Waals surface area contributed by atoms with Gasteiger partial charge >= 0.3 is 0 Å². The predicted octanol–water partition coefficient (Wildman–Crippen LogP) is -0.310. The molecule has 8 heteroatoms. The number of pyridine rings is 1. The van der Waals surface area contributed by atoms with Crippen LogP contribution in [-0.4, -0.2) is 60.9 Å². The first-order valence-electron chi connectivity index (χ1n) is 6.25. The molecule has 1 aliphatic rings. The van der Waals surface area contributed by atoms with E-state index in [1.807, 2.05) is 0 Å². The molecule has 7 nitrogen and oxygen atoms in total. The van der Waals surface area contributed by atoms with Gasteiger partial charge in [-0.2, -0.15) is 4.31 Å². The second-order valence-electron chi connectivity index (χ2n) is 4.86. The maximum absolute atomic E-state index is 12.4. The van der Waals surface area contributed by atoms with Crippen LogP contribution in [0.3, 0.4) is 0 Å². The summed E-state index contributed by atoms with van der Waals surface area (Å²) in [7, 11) is -3.19. The lowest BCUT2D eigenvalue weighted by molar-refractivity contribution is 0.0697. The molecule has 20 heavy (non-hydrogen) atoms. The molecule has 1 aromatic heterocycles. The Morgan fingerprint density at radius 1 is 1.30 bits per heavy atom. The summed E-state index contributed by atoms with van der Waals surface area (Å²) in [4.78, 5) is 18.1. The van der Waals surface area contributed by atoms with Gasteiger partial charge in [-0.3, -0.25) is 9.78 Å². The zero-order chi connectivity index (χ0) is 14.9. The van der Waals surface area contributed by atoms with Crippen molar-refractivity contribution in [2.45, 2.75) is 6.92 Å². The third-order valence-corrected chi connectivity index (χ3v) is 4.64. The second kappa shape index (κ2) is 5.37. The topological polar surface area (TPSA) is 96.6 Å². The van der Waals surface area contributed by atoms with E-state index in [0.717, 1.165) is 0 Å². The zero-order valence-electron chi connectivity index (χ0n) is 11.5. The molecular formula is C12H18N4O3S. The van der Waals surface area contributed by atoms with Gasteiger partial charge in [-0.25, -0.2) is 8.42 Å². The molecule has 1 aromatic rings. The van der Waals surface area contributed by atoms with Crippen LogP contribution in [0, 0.1) is 6.92 Å². The Labute approximate surface area is 118 Å². The molecule has 0 radical (unpaired) electrons. The molecule has 1 saturated heterocycles. The SMILES string of the molecule is Cc1ncc(N)cc1C(=O)N1CCN(S(C)(=O)=O)CC1. The lowest BCUT2D eigenvalue weighted by atomic mass is 10.1. The molecule has 0 unspecified atom stereocenters. The Morgan fingerprint density at radius 2 is 1.90 bits per heavy atom. The average molecular weight is 298 g/mol. The molecule has 0 saturated carbocycles. The van der Waals surface area contributed by atoms with Crippen molar-refractivity contribution in [3.63, 3.8) is 0 Å². The Bertz CT molecular complexity index is 622. The summed E-state index contributed by atoms with van der Waals surface area (Å²) in [5.41, 5.74) is 7.18. The number of nitrogens with two attached hydrogens (primary N) is 1. The van der Waals surface area contributed by atoms with Crippen molar-refractivity contribution < 1.29 is 13.2 Å². The number of sulfonamides is 1. The molecular weight excluding hydrogens is 280 g/mol. The van der Waals surface area contributed by atoms with Crippen LogP contribution in [0.2, 0.25) is 0 Å². The van der Waals surface area contributed by atoms with Gasteiger partial charge in [0.2, 0.25) is 10.0 Å². The van der Waals surface area contributed by atoms with Gasteiger partial charge in [-0.15, -0.1) is 0 Å². The van der Waals surface area contributed by atoms with Gasteiger partial charge < -0.3 is 10.6 Å². The van der Waals surface area contributed by atoms with Gasteiger partial charge in [0.15, 0.2) is 0 Å². The number of piperazine rings is 1. The van der Waals surface area contributed by atoms with Crippen LogP contribution in [0.15, 0.2) is 12.3 Å². The van der Waals surface area contributed by atoms with E-state index in [4.69, 9.17) is 5.73 Å². The number of nitrogens with zero attached hydrogens (tertiary/aromatic N) is 3. The average Bonchev–Trinajstić information content (AvgIpc) is 2.40. The van der Waals surface area contributed by atoms with Crippen molar-refractivity contribution in [1.29, 1.82) is 0 Å². The molecule has 1 amide bonds. The van der Waals surface area contributed by atoms with Gasteiger partial charge in [0.05, 0.1) is 29.4 Å². The summed E-state index contributed by atoms with van der Waals surface area (Å²) >= 11 is 0. The number of aryl methyl sites for hydroxylation is 1. The zero-order valence-corrected chi connectivity index (χ0v) is 12.4. The molecule has 0 atom stereocenters. The quantitative estimate of drug-likeness (QED) is 0.808. The number of hydrogen-bond acceptors (Lipinski definition) is 5. The maximum atomic E-state index is 12.4. The molecule has 2 N–H and O–H groups in total. The highest BCUT2D eigenvalue weighted by molar-refractivity contribution is 7.88. The lowest BCUT2D eigenvalue weighted by Crippen LogP contribution is -2.50. The van der Waals surface area contributed by atoms with Gasteiger partial charge in [0.25, 0.3) is 5.91 Å². The highest BCUT2D eigenvalue weighted by Crippen LogP contribution is 2.15. The minimum absolute atomic E-state index is 0.157. The van der Waals surface area contributed by atoms with E-state index in [-0.39, 0.29) is 5.91 Å². The Hall–Kier alpha value is -1.67. The number of aromatic nitrogens is 1. The highest BCUT2D eigenvalue weighted by Gasteiger charge is 2.27. The van der Waals surface area contributed by atoms with E-state index in [0.29, 0.717) is 43.1 Å². The summed E-state index contributed by atoms with van der Waals surface area (Å²) < 4.78 is 24.2. The van der Waals surface area contributed by atoms with Crippen molar-refractivity contribution in [2.24, 2.45) is 0 Å². The summed E-state index contributed by atoms with van der Waals surface area (Å²) in [5.74, 6) is -0.157. The number of nitrogen functional groups attached to an aromatic ring is 1. The summed E-state index contributed by atoms with van der Waals surface area (Å²) in [6.45, 7) is 3.14. The van der Waals surface area contributed by atoms with Crippen molar-refractivity contribution in [3.8, 4) is 0 Å². The van der Waals surface area contributed by atoms with E-state index in [9.17, 15) is 13.2 Å². The monoisotopic (exact) mass is 298 g/mol. The van der Waals surface area contributed by atoms with E-state index >= 15 is 0 Å². The van der Waals surface area contributed by atoms with Crippen LogP contribution in [0.5, 0.6) is 0 Å². The van der Waals surface area contributed by atoms with Crippen molar-refractivity contribution in [1.82, 2.24) is 14.2 Å². The van der Waals surface area contributed by atoms with Gasteiger partial charge in [0, 0.05) is 26.2 Å². The van der Waals surface area contributed by atoms with Gasteiger partial charge in [-0.1, -0.05) is 0 Å². The fraction of sp³-hybridized carbons (Fsp3) is 0.500. The third kappa shape index (κ3) is 3.07. The Kier molecular flexibility index (Phi) is 3.96. The van der Waals surface area contributed by atoms with Crippen molar-refractivity contribution >= 4 is 21.6 Å². The minimum atomic E-state index is -3.19. The largest absolute Gasteiger partial charge is 0.397 e. The maximum Gasteiger partial charge on any atom is 0.255 e. The Balaban J connectivity index is 2.11. The predicted molar refractivity (Wildman–Crippen MR) is 75.7 cm³/mol. The molecule has 0 aliphatic carbocycles. The first-order chi connectivity index (χ1) is 9.29. The van der Waals surface area contributed by atoms with Crippen LogP contribution in [0.1, 0.15) is 16.1 Å². The molecule has 0 aromatic carbocycles. The van der Waals surface area contributed by atoms with Crippen LogP contribution in [0.4, 0.5) is 5.69 Å². The third-order valence-electron chi connectivity index (χ3n) is 3.33. The summed E-state index contributed by atoms with van der Waals surface area (Å²) in [6.07, 6.45) is 2.68. The first kappa shape index (κ1) is 14.7. The van der Waals surface area contributed by atoms with Gasteiger partial charge in [0.1, 0.15) is 0 Å².